The number of nitrogen functional groups attached to an aromatic ring is 1. The average molecular weight is 656 g/mol. The van der Waals surface area contributed by atoms with Gasteiger partial charge in [-0.3, -0.25) is 4.90 Å². The fraction of sp³-hybridized carbons (Fsp3) is 0.515. The molecule has 4 aliphatic rings. The summed E-state index contributed by atoms with van der Waals surface area (Å²) >= 11 is 1.46. The minimum atomic E-state index is -1.10. The van der Waals surface area contributed by atoms with Crippen molar-refractivity contribution in [2.24, 2.45) is 0 Å². The number of aliphatic hydroxyl groups is 1. The Morgan fingerprint density at radius 3 is 2.85 bits per heavy atom. The van der Waals surface area contributed by atoms with Gasteiger partial charge in [0.2, 0.25) is 23.5 Å². The van der Waals surface area contributed by atoms with Crippen molar-refractivity contribution in [1.82, 2.24) is 30.0 Å². The molecule has 3 aromatic heterocycles. The van der Waals surface area contributed by atoms with Crippen LogP contribution in [0.2, 0.25) is 0 Å². The maximum absolute atomic E-state index is 10.9. The highest BCUT2D eigenvalue weighted by Gasteiger charge is 2.49. The summed E-state index contributed by atoms with van der Waals surface area (Å²) in [5.74, 6) is 1.09. The van der Waals surface area contributed by atoms with Gasteiger partial charge in [0.15, 0.2) is 0 Å². The minimum Gasteiger partial charge on any atom is -0.461 e. The monoisotopic (exact) mass is 655 g/mol. The molecule has 3 aliphatic heterocycles. The Balaban J connectivity index is 1.17. The number of thiophene rings is 1. The van der Waals surface area contributed by atoms with Crippen molar-refractivity contribution in [2.45, 2.75) is 69.1 Å². The zero-order valence-electron chi connectivity index (χ0n) is 26.5. The summed E-state index contributed by atoms with van der Waals surface area (Å²) in [5.41, 5.74) is 8.17. The first-order chi connectivity index (χ1) is 22.7. The Morgan fingerprint density at radius 1 is 1.11 bits per heavy atom. The Morgan fingerprint density at radius 2 is 1.98 bits per heavy atom. The van der Waals surface area contributed by atoms with Crippen LogP contribution in [0, 0.1) is 11.3 Å². The fourth-order valence-corrected chi connectivity index (χ4v) is 9.08. The second-order valence-electron chi connectivity index (χ2n) is 13.6. The molecule has 2 fully saturated rings. The van der Waals surface area contributed by atoms with Crippen molar-refractivity contribution in [3.05, 3.63) is 57.3 Å². The first-order valence-corrected chi connectivity index (χ1v) is 16.9. The van der Waals surface area contributed by atoms with Gasteiger partial charge in [0.05, 0.1) is 36.3 Å². The van der Waals surface area contributed by atoms with Gasteiger partial charge in [-0.25, -0.2) is 0 Å². The highest BCUT2D eigenvalue weighted by Crippen LogP contribution is 2.49. The van der Waals surface area contributed by atoms with Gasteiger partial charge in [-0.2, -0.15) is 25.2 Å². The molecule has 0 bridgehead atoms. The number of hydrogen-bond donors (Lipinski definition) is 2. The zero-order valence-corrected chi connectivity index (χ0v) is 27.3. The van der Waals surface area contributed by atoms with E-state index in [9.17, 15) is 10.4 Å². The number of rotatable bonds is 6. The number of aryl methyl sites for hydroxylation is 1. The first-order valence-electron chi connectivity index (χ1n) is 16.1. The molecule has 4 aromatic rings. The van der Waals surface area contributed by atoms with E-state index in [1.54, 1.807) is 6.92 Å². The maximum atomic E-state index is 10.9. The van der Waals surface area contributed by atoms with Crippen LogP contribution in [0.3, 0.4) is 0 Å². The molecule has 3 atom stereocenters. The van der Waals surface area contributed by atoms with E-state index < -0.39 is 11.0 Å². The van der Waals surface area contributed by atoms with Crippen LogP contribution < -0.4 is 15.4 Å². The second kappa shape index (κ2) is 11.2. The molecule has 2 saturated heterocycles. The van der Waals surface area contributed by atoms with Crippen molar-refractivity contribution >= 4 is 22.3 Å². The number of benzene rings is 1. The van der Waals surface area contributed by atoms with Crippen LogP contribution in [0.25, 0.3) is 11.6 Å². The van der Waals surface area contributed by atoms with E-state index in [0.717, 1.165) is 55.6 Å². The second-order valence-corrected chi connectivity index (χ2v) is 14.7. The molecule has 6 heterocycles. The van der Waals surface area contributed by atoms with Gasteiger partial charge in [0, 0.05) is 23.5 Å². The average Bonchev–Trinajstić information content (AvgIpc) is 3.81. The predicted octanol–water partition coefficient (Wildman–Crippen LogP) is 3.55. The third kappa shape index (κ3) is 5.04. The van der Waals surface area contributed by atoms with E-state index in [1.807, 2.05) is 11.8 Å². The topological polar surface area (TPSA) is 173 Å². The zero-order chi connectivity index (χ0) is 32.4. The van der Waals surface area contributed by atoms with E-state index in [2.05, 4.69) is 40.4 Å². The van der Waals surface area contributed by atoms with Crippen LogP contribution in [-0.2, 0) is 28.7 Å². The molecule has 0 unspecified atom stereocenters. The third-order valence-corrected chi connectivity index (χ3v) is 11.2. The molecule has 14 heteroatoms. The van der Waals surface area contributed by atoms with Crippen LogP contribution in [0.5, 0.6) is 6.01 Å². The largest absolute Gasteiger partial charge is 0.461 e. The van der Waals surface area contributed by atoms with Crippen molar-refractivity contribution < 1.29 is 19.1 Å². The van der Waals surface area contributed by atoms with Crippen LogP contribution in [0.15, 0.2) is 28.8 Å². The summed E-state index contributed by atoms with van der Waals surface area (Å²) < 4.78 is 18.1. The number of hydrogen-bond acceptors (Lipinski definition) is 14. The lowest BCUT2D eigenvalue weighted by Crippen LogP contribution is -2.42. The molecule has 244 valence electrons. The highest BCUT2D eigenvalue weighted by molar-refractivity contribution is 7.16. The molecule has 8 rings (SSSR count). The quantitative estimate of drug-likeness (QED) is 0.309. The lowest BCUT2D eigenvalue weighted by Gasteiger charge is -2.32. The van der Waals surface area contributed by atoms with Crippen LogP contribution in [-0.4, -0.2) is 80.2 Å². The van der Waals surface area contributed by atoms with Crippen molar-refractivity contribution in [3.63, 3.8) is 0 Å². The van der Waals surface area contributed by atoms with Crippen LogP contribution in [0.1, 0.15) is 72.6 Å². The Bertz CT molecular complexity index is 1890. The summed E-state index contributed by atoms with van der Waals surface area (Å²) in [5, 5.41) is 25.7. The van der Waals surface area contributed by atoms with E-state index in [1.165, 1.54) is 22.5 Å². The van der Waals surface area contributed by atoms with Gasteiger partial charge in [0.25, 0.3) is 0 Å². The fourth-order valence-electron chi connectivity index (χ4n) is 7.89. The smallest absolute Gasteiger partial charge is 0.321 e. The molecule has 1 aromatic carbocycles. The van der Waals surface area contributed by atoms with Crippen molar-refractivity contribution in [3.8, 4) is 23.7 Å². The summed E-state index contributed by atoms with van der Waals surface area (Å²) in [6.45, 7) is 7.36. The Hall–Kier alpha value is -4.16. The van der Waals surface area contributed by atoms with Gasteiger partial charge >= 0.3 is 6.01 Å². The number of nitriles is 1. The van der Waals surface area contributed by atoms with Crippen molar-refractivity contribution in [1.29, 1.82) is 5.26 Å². The van der Waals surface area contributed by atoms with Gasteiger partial charge in [0.1, 0.15) is 23.3 Å². The number of β-amino-alcohol motifs (C(OH)–C–C–N with tert-alkyl or cyclic N) is 1. The lowest BCUT2D eigenvalue weighted by molar-refractivity contribution is -0.0123. The molecule has 0 saturated carbocycles. The summed E-state index contributed by atoms with van der Waals surface area (Å²) in [6.07, 6.45) is 4.55. The molecule has 0 amide bonds. The molecule has 1 aliphatic carbocycles. The molecule has 3 N–H and O–H groups in total. The minimum absolute atomic E-state index is 0.148. The number of fused-ring (bicyclic) bond motifs is 4. The van der Waals surface area contributed by atoms with E-state index >= 15 is 0 Å². The standard InChI is InChI=1S/C33H37N9O4S/c1-31(43)17-41(13-14-44-18-31)29-37-26(27-36-28(46-40-27)32(2)10-5-9-23-24(32)21(15-34)25(35)47-23)38-30(39-29)45-19-33-11-6-12-42(33)16-20-7-3-4-8-22(20)33/h3-4,7-8,43H,5-6,9-14,16-19,35H2,1-2H3/t31-,32-,33+/m0/s1. The van der Waals surface area contributed by atoms with Gasteiger partial charge < -0.3 is 29.7 Å². The van der Waals surface area contributed by atoms with Gasteiger partial charge in [-0.05, 0) is 63.6 Å². The van der Waals surface area contributed by atoms with E-state index in [0.29, 0.717) is 42.2 Å². The molecule has 47 heavy (non-hydrogen) atoms. The van der Waals surface area contributed by atoms with Crippen LogP contribution in [0.4, 0.5) is 10.9 Å². The number of ether oxygens (including phenoxy) is 2. The molecule has 0 radical (unpaired) electrons. The summed E-state index contributed by atoms with van der Waals surface area (Å²) in [7, 11) is 0. The normalized spacial score (nSPS) is 27.1. The Kier molecular flexibility index (Phi) is 7.21. The number of aromatic nitrogens is 5. The molecule has 13 nitrogen and oxygen atoms in total. The van der Waals surface area contributed by atoms with Gasteiger partial charge in [-0.15, -0.1) is 11.3 Å². The summed E-state index contributed by atoms with van der Waals surface area (Å²) in [6, 6.07) is 11.0. The maximum Gasteiger partial charge on any atom is 0.321 e. The molecular formula is C33H37N9O4S. The summed E-state index contributed by atoms with van der Waals surface area (Å²) in [4.78, 5) is 24.5. The number of nitrogens with two attached hydrogens (primary N) is 1. The lowest BCUT2D eigenvalue weighted by atomic mass is 9.72. The van der Waals surface area contributed by atoms with Crippen LogP contribution >= 0.6 is 11.3 Å². The molecule has 0 spiro atoms. The van der Waals surface area contributed by atoms with Crippen molar-refractivity contribution in [2.75, 3.05) is 50.1 Å². The highest BCUT2D eigenvalue weighted by atomic mass is 32.1. The predicted molar refractivity (Wildman–Crippen MR) is 173 cm³/mol. The van der Waals surface area contributed by atoms with Gasteiger partial charge in [-0.1, -0.05) is 29.4 Å². The SMILES string of the molecule is C[C@@]1(O)COCCN(c2nc(OC[C@@]34CCCN3Cc3ccccc34)nc(-c3noc([C@@]4(C)CCCc5sc(N)c(C#N)c54)n3)n2)C1. The molecular weight excluding hydrogens is 618 g/mol. The third-order valence-electron chi connectivity index (χ3n) is 10.1. The number of nitrogens with zero attached hydrogens (tertiary/aromatic N) is 8. The number of anilines is 2. The van der Waals surface area contributed by atoms with E-state index in [-0.39, 0.29) is 36.3 Å². The Labute approximate surface area is 276 Å². The van der Waals surface area contributed by atoms with E-state index in [4.69, 9.17) is 39.7 Å². The first kappa shape index (κ1) is 30.2.